The Labute approximate surface area is 172 Å². The molecule has 0 radical (unpaired) electrons. The number of hydrogen-bond donors (Lipinski definition) is 1. The van der Waals surface area contributed by atoms with Crippen LogP contribution in [-0.4, -0.2) is 37.6 Å². The van der Waals surface area contributed by atoms with Crippen LogP contribution in [0.2, 0.25) is 0 Å². The van der Waals surface area contributed by atoms with Crippen LogP contribution in [0, 0.1) is 0 Å². The smallest absolute Gasteiger partial charge is 0.238 e. The zero-order valence-corrected chi connectivity index (χ0v) is 17.3. The van der Waals surface area contributed by atoms with Crippen LogP contribution >= 0.6 is 0 Å². The van der Waals surface area contributed by atoms with E-state index < -0.39 is 0 Å². The van der Waals surface area contributed by atoms with Gasteiger partial charge in [-0.15, -0.1) is 0 Å². The second-order valence-corrected chi connectivity index (χ2v) is 6.80. The first-order valence-electron chi connectivity index (χ1n) is 9.94. The predicted octanol–water partition coefficient (Wildman–Crippen LogP) is 4.71. The molecule has 0 aliphatic carbocycles. The van der Waals surface area contributed by atoms with Crippen LogP contribution in [0.1, 0.15) is 19.4 Å². The number of benzene rings is 3. The van der Waals surface area contributed by atoms with Crippen molar-refractivity contribution in [2.75, 3.05) is 32.1 Å². The number of rotatable bonds is 9. The molecule has 0 aromatic heterocycles. The monoisotopic (exact) mass is 392 g/mol. The van der Waals surface area contributed by atoms with Gasteiger partial charge in [0.15, 0.2) is 11.5 Å². The number of nitrogens with zero attached hydrogens (tertiary/aromatic N) is 1. The van der Waals surface area contributed by atoms with Gasteiger partial charge < -0.3 is 14.8 Å². The Morgan fingerprint density at radius 3 is 2.55 bits per heavy atom. The lowest BCUT2D eigenvalue weighted by Crippen LogP contribution is -2.32. The van der Waals surface area contributed by atoms with Crippen molar-refractivity contribution >= 4 is 22.4 Å². The molecule has 0 fully saturated rings. The molecule has 1 amide bonds. The van der Waals surface area contributed by atoms with Crippen LogP contribution in [0.4, 0.5) is 5.69 Å². The summed E-state index contributed by atoms with van der Waals surface area (Å²) in [6, 6.07) is 19.9. The van der Waals surface area contributed by atoms with Gasteiger partial charge in [0.25, 0.3) is 0 Å². The van der Waals surface area contributed by atoms with Crippen LogP contribution < -0.4 is 14.8 Å². The summed E-state index contributed by atoms with van der Waals surface area (Å²) in [5.74, 6) is 1.41. The van der Waals surface area contributed by atoms with E-state index in [1.54, 1.807) is 7.11 Å². The molecule has 3 aromatic rings. The van der Waals surface area contributed by atoms with Gasteiger partial charge in [-0.1, -0.05) is 49.4 Å². The molecule has 0 unspecified atom stereocenters. The SMILES string of the molecule is CCOc1ccc(CN(CC)CC(=O)Nc2cccc3ccccc23)cc1OC. The number of anilines is 1. The molecule has 0 heterocycles. The Balaban J connectivity index is 1.67. The fraction of sp³-hybridized carbons (Fsp3) is 0.292. The summed E-state index contributed by atoms with van der Waals surface area (Å²) >= 11 is 0. The zero-order chi connectivity index (χ0) is 20.6. The minimum Gasteiger partial charge on any atom is -0.493 e. The zero-order valence-electron chi connectivity index (χ0n) is 17.3. The first kappa shape index (κ1) is 20.7. The van der Waals surface area contributed by atoms with Crippen molar-refractivity contribution in [3.63, 3.8) is 0 Å². The first-order chi connectivity index (χ1) is 14.1. The van der Waals surface area contributed by atoms with Crippen LogP contribution in [0.3, 0.4) is 0 Å². The molecule has 1 N–H and O–H groups in total. The largest absolute Gasteiger partial charge is 0.493 e. The van der Waals surface area contributed by atoms with Crippen LogP contribution in [0.15, 0.2) is 60.7 Å². The van der Waals surface area contributed by atoms with E-state index in [1.807, 2.05) is 67.6 Å². The summed E-state index contributed by atoms with van der Waals surface area (Å²) in [7, 11) is 1.64. The molecule has 5 nitrogen and oxygen atoms in total. The van der Waals surface area contributed by atoms with Gasteiger partial charge in [-0.25, -0.2) is 0 Å². The number of hydrogen-bond acceptors (Lipinski definition) is 4. The third kappa shape index (κ3) is 5.27. The van der Waals surface area contributed by atoms with Gasteiger partial charge in [-0.05, 0) is 42.6 Å². The molecule has 0 saturated carbocycles. The number of carbonyl (C=O) groups excluding carboxylic acids is 1. The lowest BCUT2D eigenvalue weighted by molar-refractivity contribution is -0.117. The Morgan fingerprint density at radius 2 is 1.79 bits per heavy atom. The quantitative estimate of drug-likeness (QED) is 0.573. The third-order valence-corrected chi connectivity index (χ3v) is 4.81. The standard InChI is InChI=1S/C24H28N2O3/c1-4-26(16-18-13-14-22(29-5-2)23(15-18)28-3)17-24(27)25-21-12-8-10-19-9-6-7-11-20(19)21/h6-15H,4-5,16-17H2,1-3H3,(H,25,27). The summed E-state index contributed by atoms with van der Waals surface area (Å²) in [5, 5.41) is 5.21. The van der Waals surface area contributed by atoms with E-state index in [-0.39, 0.29) is 5.91 Å². The number of nitrogens with one attached hydrogen (secondary N) is 1. The highest BCUT2D eigenvalue weighted by Gasteiger charge is 2.13. The molecule has 0 saturated heterocycles. The molecule has 5 heteroatoms. The number of carbonyl (C=O) groups is 1. The molecule has 0 atom stereocenters. The van der Waals surface area contributed by atoms with Crippen LogP contribution in [-0.2, 0) is 11.3 Å². The maximum Gasteiger partial charge on any atom is 0.238 e. The summed E-state index contributed by atoms with van der Waals surface area (Å²) in [6.45, 7) is 6.32. The fourth-order valence-electron chi connectivity index (χ4n) is 3.35. The molecule has 0 spiro atoms. The molecular weight excluding hydrogens is 364 g/mol. The lowest BCUT2D eigenvalue weighted by atomic mass is 10.1. The molecule has 0 aliphatic rings. The van der Waals surface area contributed by atoms with Crippen LogP contribution in [0.5, 0.6) is 11.5 Å². The number of ether oxygens (including phenoxy) is 2. The molecule has 3 rings (SSSR count). The van der Waals surface area contributed by atoms with E-state index in [0.717, 1.165) is 34.3 Å². The van der Waals surface area contributed by atoms with Crippen molar-refractivity contribution in [2.45, 2.75) is 20.4 Å². The van der Waals surface area contributed by atoms with Crippen LogP contribution in [0.25, 0.3) is 10.8 Å². The van der Waals surface area contributed by atoms with E-state index in [1.165, 1.54) is 0 Å². The third-order valence-electron chi connectivity index (χ3n) is 4.81. The second kappa shape index (κ2) is 9.94. The number of methoxy groups -OCH3 is 1. The topological polar surface area (TPSA) is 50.8 Å². The van der Waals surface area contributed by atoms with Gasteiger partial charge >= 0.3 is 0 Å². The summed E-state index contributed by atoms with van der Waals surface area (Å²) in [6.07, 6.45) is 0. The molecular formula is C24H28N2O3. The van der Waals surface area contributed by atoms with Gasteiger partial charge in [-0.2, -0.15) is 0 Å². The average Bonchev–Trinajstić information content (AvgIpc) is 2.74. The van der Waals surface area contributed by atoms with E-state index in [4.69, 9.17) is 9.47 Å². The highest BCUT2D eigenvalue weighted by Crippen LogP contribution is 2.28. The first-order valence-corrected chi connectivity index (χ1v) is 9.94. The fourth-order valence-corrected chi connectivity index (χ4v) is 3.35. The highest BCUT2D eigenvalue weighted by molar-refractivity contribution is 6.02. The van der Waals surface area contributed by atoms with E-state index in [0.29, 0.717) is 25.4 Å². The minimum absolute atomic E-state index is 0.0268. The van der Waals surface area contributed by atoms with Gasteiger partial charge in [0.05, 0.1) is 20.3 Å². The van der Waals surface area contributed by atoms with Crippen molar-refractivity contribution < 1.29 is 14.3 Å². The molecule has 29 heavy (non-hydrogen) atoms. The molecule has 0 bridgehead atoms. The molecule has 0 aliphatic heterocycles. The molecule has 3 aromatic carbocycles. The van der Waals surface area contributed by atoms with Crippen molar-refractivity contribution in [3.8, 4) is 11.5 Å². The molecule has 152 valence electrons. The van der Waals surface area contributed by atoms with Gasteiger partial charge in [0.2, 0.25) is 5.91 Å². The van der Waals surface area contributed by atoms with E-state index in [2.05, 4.69) is 17.1 Å². The number of fused-ring (bicyclic) bond motifs is 1. The highest BCUT2D eigenvalue weighted by atomic mass is 16.5. The van der Waals surface area contributed by atoms with Crippen molar-refractivity contribution in [2.24, 2.45) is 0 Å². The maximum absolute atomic E-state index is 12.7. The lowest BCUT2D eigenvalue weighted by Gasteiger charge is -2.21. The maximum atomic E-state index is 12.7. The van der Waals surface area contributed by atoms with E-state index in [9.17, 15) is 4.79 Å². The van der Waals surface area contributed by atoms with Gasteiger partial charge in [0.1, 0.15) is 0 Å². The normalized spacial score (nSPS) is 10.9. The Morgan fingerprint density at radius 1 is 1.00 bits per heavy atom. The van der Waals surface area contributed by atoms with Gasteiger partial charge in [0, 0.05) is 17.6 Å². The summed E-state index contributed by atoms with van der Waals surface area (Å²) in [5.41, 5.74) is 1.91. The van der Waals surface area contributed by atoms with Crippen molar-refractivity contribution in [1.82, 2.24) is 4.90 Å². The number of likely N-dealkylation sites (N-methyl/N-ethyl adjacent to an activating group) is 1. The van der Waals surface area contributed by atoms with Crippen molar-refractivity contribution in [1.29, 1.82) is 0 Å². The predicted molar refractivity (Wildman–Crippen MR) is 118 cm³/mol. The minimum atomic E-state index is -0.0268. The van der Waals surface area contributed by atoms with E-state index >= 15 is 0 Å². The van der Waals surface area contributed by atoms with Gasteiger partial charge in [-0.3, -0.25) is 9.69 Å². The summed E-state index contributed by atoms with van der Waals surface area (Å²) in [4.78, 5) is 14.8. The Bertz CT molecular complexity index is 966. The second-order valence-electron chi connectivity index (χ2n) is 6.80. The summed E-state index contributed by atoms with van der Waals surface area (Å²) < 4.78 is 11.0. The Kier molecular flexibility index (Phi) is 7.09. The average molecular weight is 392 g/mol. The number of amides is 1. The Hall–Kier alpha value is -3.05. The van der Waals surface area contributed by atoms with Crippen molar-refractivity contribution in [3.05, 3.63) is 66.2 Å².